The summed E-state index contributed by atoms with van der Waals surface area (Å²) in [5.74, 6) is 8.61. The summed E-state index contributed by atoms with van der Waals surface area (Å²) in [6.45, 7) is 63.9. The average molecular weight is 1570 g/mol. The van der Waals surface area contributed by atoms with Gasteiger partial charge in [-0.3, -0.25) is 33.6 Å². The van der Waals surface area contributed by atoms with Crippen LogP contribution in [0.4, 0.5) is 0 Å². The quantitative estimate of drug-likeness (QED) is 0.0295. The van der Waals surface area contributed by atoms with Crippen LogP contribution in [-0.4, -0.2) is 83.6 Å². The highest BCUT2D eigenvalue weighted by Gasteiger charge is 2.35. The van der Waals surface area contributed by atoms with Crippen LogP contribution in [0.1, 0.15) is 393 Å². The van der Waals surface area contributed by atoms with Gasteiger partial charge in [0.1, 0.15) is 0 Å². The molecule has 0 radical (unpaired) electrons. The normalized spacial score (nSPS) is 17.8. The summed E-state index contributed by atoms with van der Waals surface area (Å²) < 4.78 is 0. The van der Waals surface area contributed by atoms with Crippen LogP contribution in [0.5, 0.6) is 0 Å². The van der Waals surface area contributed by atoms with Crippen molar-refractivity contribution in [1.29, 1.82) is 0 Å². The van der Waals surface area contributed by atoms with Crippen LogP contribution in [0.15, 0.2) is 48.6 Å². The van der Waals surface area contributed by atoms with Crippen molar-refractivity contribution in [2.24, 2.45) is 99.1 Å². The van der Waals surface area contributed by atoms with E-state index >= 15 is 0 Å². The lowest BCUT2D eigenvalue weighted by Crippen LogP contribution is -2.40. The van der Waals surface area contributed by atoms with Crippen LogP contribution in [0, 0.1) is 99.1 Å². The lowest BCUT2D eigenvalue weighted by Gasteiger charge is -2.29. The molecular weight excluding hydrogens is 1390 g/mol. The number of hydrogen-bond acceptors (Lipinski definition) is 7. The average Bonchev–Trinajstić information content (AvgIpc) is 1.25. The lowest BCUT2D eigenvalue weighted by molar-refractivity contribution is -0.129. The van der Waals surface area contributed by atoms with Gasteiger partial charge in [0.25, 0.3) is 0 Å². The minimum absolute atomic E-state index is 0.0124. The van der Waals surface area contributed by atoms with Gasteiger partial charge in [-0.15, -0.1) is 6.58 Å². The maximum atomic E-state index is 12.3. The van der Waals surface area contributed by atoms with Crippen LogP contribution >= 0.6 is 0 Å². The number of hydrogen-bond donors (Lipinski definition) is 7. The minimum Gasteiger partial charge on any atom is -0.354 e. The highest BCUT2D eigenvalue weighted by molar-refractivity contribution is 5.82. The molecule has 0 aromatic carbocycles. The van der Waals surface area contributed by atoms with E-state index in [2.05, 4.69) is 152 Å². The summed E-state index contributed by atoms with van der Waals surface area (Å²) in [6.07, 6.45) is 48.4. The summed E-state index contributed by atoms with van der Waals surface area (Å²) in [4.78, 5) is 84.1. The fraction of sp³-hybridized carbons (Fsp3) is 0.847. The van der Waals surface area contributed by atoms with E-state index in [0.717, 1.165) is 118 Å². The maximum absolute atomic E-state index is 12.3. The highest BCUT2D eigenvalue weighted by Crippen LogP contribution is 2.42. The molecule has 0 bridgehead atoms. The predicted octanol–water partition coefficient (Wildman–Crippen LogP) is 23.5. The smallest absolute Gasteiger partial charge is 0.224 e. The molecule has 7 atom stereocenters. The molecule has 112 heavy (non-hydrogen) atoms. The highest BCUT2D eigenvalue weighted by atomic mass is 16.2. The number of nitrogens with one attached hydrogen (secondary N) is 7. The summed E-state index contributed by atoms with van der Waals surface area (Å²) in [7, 11) is 0. The van der Waals surface area contributed by atoms with Gasteiger partial charge >= 0.3 is 0 Å². The van der Waals surface area contributed by atoms with Crippen LogP contribution in [0.2, 0.25) is 0 Å². The summed E-state index contributed by atoms with van der Waals surface area (Å²) >= 11 is 0. The van der Waals surface area contributed by atoms with Crippen molar-refractivity contribution >= 4 is 41.4 Å². The van der Waals surface area contributed by atoms with Gasteiger partial charge in [0.2, 0.25) is 41.4 Å². The Morgan fingerprint density at radius 2 is 0.607 bits per heavy atom. The number of amides is 7. The molecule has 6 saturated carbocycles. The van der Waals surface area contributed by atoms with Crippen LogP contribution in [-0.2, 0) is 33.6 Å². The Bertz CT molecular complexity index is 2680. The van der Waals surface area contributed by atoms with Crippen molar-refractivity contribution < 1.29 is 33.6 Å². The van der Waals surface area contributed by atoms with Crippen molar-refractivity contribution in [3.8, 4) is 0 Å². The fourth-order valence-corrected chi connectivity index (χ4v) is 14.5. The van der Waals surface area contributed by atoms with Gasteiger partial charge in [0.05, 0.1) is 0 Å². The topological polar surface area (TPSA) is 204 Å². The van der Waals surface area contributed by atoms with Crippen LogP contribution < -0.4 is 37.2 Å². The first-order valence-corrected chi connectivity index (χ1v) is 45.7. The van der Waals surface area contributed by atoms with E-state index in [1.54, 1.807) is 0 Å². The zero-order valence-corrected chi connectivity index (χ0v) is 78.4. The Morgan fingerprint density at radius 3 is 0.911 bits per heavy atom. The number of carbonyl (C=O) groups excluding carboxylic acids is 7. The molecule has 6 rings (SSSR count). The molecule has 0 heterocycles. The molecule has 14 nitrogen and oxygen atoms in total. The molecule has 0 spiro atoms. The van der Waals surface area contributed by atoms with Crippen molar-refractivity contribution in [2.75, 3.05) is 0 Å². The molecule has 7 unspecified atom stereocenters. The number of rotatable bonds is 41. The van der Waals surface area contributed by atoms with E-state index in [9.17, 15) is 33.6 Å². The van der Waals surface area contributed by atoms with Gasteiger partial charge in [0.15, 0.2) is 0 Å². The summed E-state index contributed by atoms with van der Waals surface area (Å²) in [5.41, 5.74) is 1.56. The molecule has 0 aromatic rings. The minimum atomic E-state index is 0.0124. The number of carbonyl (C=O) groups is 7. The largest absolute Gasteiger partial charge is 0.354 e. The Hall–Kier alpha value is -4.75. The van der Waals surface area contributed by atoms with E-state index in [1.807, 2.05) is 129 Å². The first-order valence-electron chi connectivity index (χ1n) is 45.7. The van der Waals surface area contributed by atoms with Gasteiger partial charge in [-0.25, -0.2) is 0 Å². The zero-order valence-electron chi connectivity index (χ0n) is 78.4. The Balaban J connectivity index is 0.00000129. The van der Waals surface area contributed by atoms with Gasteiger partial charge in [0, 0.05) is 83.7 Å². The molecule has 6 aliphatic carbocycles. The molecule has 14 heteroatoms. The third-order valence-electron chi connectivity index (χ3n) is 21.5. The monoisotopic (exact) mass is 1570 g/mol. The van der Waals surface area contributed by atoms with E-state index in [4.69, 9.17) is 0 Å². The van der Waals surface area contributed by atoms with E-state index in [1.165, 1.54) is 116 Å². The van der Waals surface area contributed by atoms with Crippen molar-refractivity contribution in [3.63, 3.8) is 0 Å². The first-order chi connectivity index (χ1) is 52.1. The fourth-order valence-electron chi connectivity index (χ4n) is 14.5. The van der Waals surface area contributed by atoms with E-state index in [-0.39, 0.29) is 124 Å². The third kappa shape index (κ3) is 60.7. The van der Waals surface area contributed by atoms with Gasteiger partial charge in [-0.1, -0.05) is 208 Å². The molecule has 7 N–H and O–H groups in total. The zero-order chi connectivity index (χ0) is 85.6. The predicted molar refractivity (Wildman–Crippen MR) is 479 cm³/mol. The maximum Gasteiger partial charge on any atom is 0.224 e. The van der Waals surface area contributed by atoms with Crippen molar-refractivity contribution in [3.05, 3.63) is 48.6 Å². The Morgan fingerprint density at radius 1 is 0.339 bits per heavy atom. The third-order valence-corrected chi connectivity index (χ3v) is 21.5. The lowest BCUT2D eigenvalue weighted by atomic mass is 9.78. The standard InChI is InChI=1S/C16H29NO.C15H29NO.2C14H25NO.C14H27NO.C13H25NO.C12H23NO/c1-12(2)17-16(18)15(10-9-13-7-8-13)11-14-5-3-4-6-14;1-11(2)16-14(17)13(10-15(3,4)5)9-8-12-6-7-12;1-10(2)15-14(16)13(9-12-5-6-12)8-7-11-3-4-11;1-10(2)9-13(8-7-12-5-6-12)14(16)15-11(3)4;1-7-8-9-12(10-14(4,5)6)13(16)15-11(2)3;1-7-8-9-11(13(4,5)6)12(15)14-10(2)3;1-6-7-8-11(9(2)3)12(14)13-10(4)5/h12-15H,3-11H2,1-2H3,(H,17,18);11-13H,6-10H2,1-5H3,(H,16,17);10-13H,3-9H2,1-2H3,(H,15,16);11-13H,1,5-9H2,2-4H3,(H,15,16);7-8,11-12H,9-10H2,1-6H3,(H,15,16);7-8,10-11H,9H2,1-6H3,(H,14,15);6-7,9-11H,8H2,1-5H3,(H,13,14)/b;;;;2*8-7+;7-6+. The molecule has 652 valence electrons. The molecule has 0 aliphatic heterocycles. The first kappa shape index (κ1) is 107. The van der Waals surface area contributed by atoms with Crippen LogP contribution in [0.3, 0.4) is 0 Å². The molecular formula is C98H183N7O7. The molecule has 6 aliphatic rings. The summed E-state index contributed by atoms with van der Waals surface area (Å²) in [5, 5.41) is 21.2. The second-order valence-electron chi connectivity index (χ2n) is 41.1. The van der Waals surface area contributed by atoms with Crippen molar-refractivity contribution in [2.45, 2.75) is 436 Å². The number of allylic oxidation sites excluding steroid dienone is 7. The van der Waals surface area contributed by atoms with Gasteiger partial charge in [-0.2, -0.15) is 0 Å². The second kappa shape index (κ2) is 57.4. The van der Waals surface area contributed by atoms with Crippen molar-refractivity contribution in [1.82, 2.24) is 37.2 Å². The van der Waals surface area contributed by atoms with E-state index < -0.39 is 0 Å². The van der Waals surface area contributed by atoms with Gasteiger partial charge < -0.3 is 37.2 Å². The molecule has 6 fully saturated rings. The van der Waals surface area contributed by atoms with Gasteiger partial charge in [-0.05, 0) is 285 Å². The second-order valence-corrected chi connectivity index (χ2v) is 41.1. The molecule has 7 amide bonds. The molecule has 0 saturated heterocycles. The SMILES string of the molecule is C/C=C/CC(C(=O)NC(C)C)C(C)(C)C.C/C=C/CC(C(=O)NC(C)C)C(C)C.C/C=C/CC(CC(C)(C)C)C(=O)NC(C)C.C=C(C)CC(CCC1CC1)C(=O)NC(C)C.CC(C)NC(=O)C(CCC1CC1)CC(C)(C)C.CC(C)NC(=O)C(CCC1CC1)CC1CC1.CC(C)NC(=O)C(CCC1CC1)CC1CCCC1. The van der Waals surface area contributed by atoms with E-state index in [0.29, 0.717) is 23.7 Å². The Labute approximate surface area is 691 Å². The summed E-state index contributed by atoms with van der Waals surface area (Å²) in [6, 6.07) is 1.73. The molecule has 0 aromatic heterocycles. The van der Waals surface area contributed by atoms with Crippen LogP contribution in [0.25, 0.3) is 0 Å². The Kier molecular flexibility index (Phi) is 54.9.